The Balaban J connectivity index is 1.72. The lowest BCUT2D eigenvalue weighted by Crippen LogP contribution is -2.31. The molecule has 1 aromatic carbocycles. The highest BCUT2D eigenvalue weighted by Gasteiger charge is 2.25. The fraction of sp³-hybridized carbons (Fsp3) is 0.429. The maximum atomic E-state index is 9.31. The van der Waals surface area contributed by atoms with Crippen molar-refractivity contribution in [2.45, 2.75) is 25.4 Å². The van der Waals surface area contributed by atoms with Crippen LogP contribution in [0, 0.1) is 0 Å². The van der Waals surface area contributed by atoms with Gasteiger partial charge in [0.25, 0.3) is 5.89 Å². The third kappa shape index (κ3) is 2.85. The van der Waals surface area contributed by atoms with Gasteiger partial charge in [-0.05, 0) is 43.7 Å². The molecule has 3 rings (SSSR count). The summed E-state index contributed by atoms with van der Waals surface area (Å²) in [5, 5.41) is 14.0. The average molecular weight is 294 g/mol. The lowest BCUT2D eigenvalue weighted by Gasteiger charge is -2.20. The van der Waals surface area contributed by atoms with Gasteiger partial charge in [0.2, 0.25) is 0 Å². The number of aliphatic hydroxyl groups is 1. The maximum Gasteiger partial charge on any atom is 0.257 e. The Morgan fingerprint density at radius 1 is 1.35 bits per heavy atom. The van der Waals surface area contributed by atoms with Gasteiger partial charge in [-0.15, -0.1) is 0 Å². The molecule has 2 aromatic rings. The number of hydrogen-bond acceptors (Lipinski definition) is 5. The number of benzene rings is 1. The van der Waals surface area contributed by atoms with Gasteiger partial charge in [-0.25, -0.2) is 0 Å². The van der Waals surface area contributed by atoms with Gasteiger partial charge in [0.1, 0.15) is 0 Å². The second kappa shape index (κ2) is 5.91. The summed E-state index contributed by atoms with van der Waals surface area (Å²) < 4.78 is 5.28. The van der Waals surface area contributed by atoms with E-state index in [1.807, 2.05) is 12.1 Å². The van der Waals surface area contributed by atoms with Crippen LogP contribution in [0.15, 0.2) is 28.8 Å². The Morgan fingerprint density at radius 3 is 2.90 bits per heavy atom. The fourth-order valence-corrected chi connectivity index (χ4v) is 2.65. The van der Waals surface area contributed by atoms with Crippen molar-refractivity contribution in [3.8, 4) is 11.5 Å². The molecule has 1 unspecified atom stereocenters. The summed E-state index contributed by atoms with van der Waals surface area (Å²) in [7, 11) is 0. The zero-order chi connectivity index (χ0) is 13.9. The van der Waals surface area contributed by atoms with Gasteiger partial charge in [-0.3, -0.25) is 4.90 Å². The summed E-state index contributed by atoms with van der Waals surface area (Å²) in [6.07, 6.45) is 2.13. The molecule has 1 aliphatic rings. The van der Waals surface area contributed by atoms with E-state index in [1.165, 1.54) is 0 Å². The highest BCUT2D eigenvalue weighted by molar-refractivity contribution is 6.30. The third-order valence-corrected chi connectivity index (χ3v) is 3.87. The van der Waals surface area contributed by atoms with Crippen molar-refractivity contribution in [1.29, 1.82) is 0 Å². The van der Waals surface area contributed by atoms with Crippen LogP contribution in [0.4, 0.5) is 0 Å². The third-order valence-electron chi connectivity index (χ3n) is 3.61. The summed E-state index contributed by atoms with van der Waals surface area (Å²) in [5.74, 6) is 1.15. The van der Waals surface area contributed by atoms with Crippen molar-refractivity contribution in [2.24, 2.45) is 0 Å². The standard InChI is InChI=1S/C14H16ClN3O2/c15-11-5-3-10(4-6-11)14-16-13(17-20-14)8-18-7-1-2-12(18)9-19/h3-6,12,19H,1-2,7-9H2. The maximum absolute atomic E-state index is 9.31. The first-order chi connectivity index (χ1) is 9.76. The predicted octanol–water partition coefficient (Wildman–Crippen LogP) is 2.35. The van der Waals surface area contributed by atoms with Crippen molar-refractivity contribution >= 4 is 11.6 Å². The largest absolute Gasteiger partial charge is 0.395 e. The Labute approximate surface area is 122 Å². The highest BCUT2D eigenvalue weighted by atomic mass is 35.5. The first-order valence-corrected chi connectivity index (χ1v) is 7.07. The van der Waals surface area contributed by atoms with Crippen LogP contribution in [0.25, 0.3) is 11.5 Å². The van der Waals surface area contributed by atoms with Crippen LogP contribution in [0.5, 0.6) is 0 Å². The van der Waals surface area contributed by atoms with Crippen LogP contribution in [0.3, 0.4) is 0 Å². The molecule has 6 heteroatoms. The van der Waals surface area contributed by atoms with Crippen LogP contribution >= 0.6 is 11.6 Å². The van der Waals surface area contributed by atoms with Crippen molar-refractivity contribution in [3.05, 3.63) is 35.1 Å². The monoisotopic (exact) mass is 293 g/mol. The summed E-state index contributed by atoms with van der Waals surface area (Å²) in [6.45, 7) is 1.76. The Kier molecular flexibility index (Phi) is 4.00. The summed E-state index contributed by atoms with van der Waals surface area (Å²) >= 11 is 5.85. The first kappa shape index (κ1) is 13.5. The molecular weight excluding hydrogens is 278 g/mol. The van der Waals surface area contributed by atoms with E-state index in [4.69, 9.17) is 16.1 Å². The first-order valence-electron chi connectivity index (χ1n) is 6.69. The topological polar surface area (TPSA) is 62.4 Å². The van der Waals surface area contributed by atoms with Gasteiger partial charge >= 0.3 is 0 Å². The van der Waals surface area contributed by atoms with Crippen LogP contribution < -0.4 is 0 Å². The molecule has 0 amide bonds. The molecule has 1 aromatic heterocycles. The van der Waals surface area contributed by atoms with Gasteiger partial charge in [-0.1, -0.05) is 16.8 Å². The number of halogens is 1. The van der Waals surface area contributed by atoms with E-state index in [2.05, 4.69) is 15.0 Å². The van der Waals surface area contributed by atoms with Gasteiger partial charge in [0.15, 0.2) is 5.82 Å². The van der Waals surface area contributed by atoms with Gasteiger partial charge in [0.05, 0.1) is 13.2 Å². The Hall–Kier alpha value is -1.43. The van der Waals surface area contributed by atoms with Crippen LogP contribution in [0.1, 0.15) is 18.7 Å². The molecule has 0 spiro atoms. The van der Waals surface area contributed by atoms with Crippen molar-refractivity contribution in [1.82, 2.24) is 15.0 Å². The predicted molar refractivity (Wildman–Crippen MR) is 75.3 cm³/mol. The molecule has 1 aliphatic heterocycles. The second-order valence-corrected chi connectivity index (χ2v) is 5.41. The van der Waals surface area contributed by atoms with Gasteiger partial charge in [0, 0.05) is 16.6 Å². The van der Waals surface area contributed by atoms with Crippen LogP contribution in [-0.4, -0.2) is 39.3 Å². The SMILES string of the molecule is OCC1CCCN1Cc1noc(-c2ccc(Cl)cc2)n1. The number of rotatable bonds is 4. The van der Waals surface area contributed by atoms with Gasteiger partial charge in [-0.2, -0.15) is 4.98 Å². The van der Waals surface area contributed by atoms with Crippen molar-refractivity contribution < 1.29 is 9.63 Å². The van der Waals surface area contributed by atoms with Crippen LogP contribution in [-0.2, 0) is 6.54 Å². The second-order valence-electron chi connectivity index (χ2n) is 4.97. The molecule has 1 atom stereocenters. The molecule has 1 N–H and O–H groups in total. The average Bonchev–Trinajstić information content (AvgIpc) is 3.09. The minimum absolute atomic E-state index is 0.182. The quantitative estimate of drug-likeness (QED) is 0.937. The van der Waals surface area contributed by atoms with Crippen LogP contribution in [0.2, 0.25) is 5.02 Å². The van der Waals surface area contributed by atoms with E-state index in [1.54, 1.807) is 12.1 Å². The van der Waals surface area contributed by atoms with Crippen molar-refractivity contribution in [2.75, 3.05) is 13.2 Å². The van der Waals surface area contributed by atoms with E-state index in [-0.39, 0.29) is 12.6 Å². The number of nitrogens with zero attached hydrogens (tertiary/aromatic N) is 3. The van der Waals surface area contributed by atoms with E-state index in [0.29, 0.717) is 23.3 Å². The summed E-state index contributed by atoms with van der Waals surface area (Å²) in [4.78, 5) is 6.59. The Morgan fingerprint density at radius 2 is 2.15 bits per heavy atom. The fourth-order valence-electron chi connectivity index (χ4n) is 2.52. The van der Waals surface area contributed by atoms with E-state index in [9.17, 15) is 5.11 Å². The molecule has 0 aliphatic carbocycles. The minimum atomic E-state index is 0.182. The van der Waals surface area contributed by atoms with Gasteiger partial charge < -0.3 is 9.63 Å². The number of aliphatic hydroxyl groups excluding tert-OH is 1. The zero-order valence-corrected chi connectivity index (χ0v) is 11.8. The lowest BCUT2D eigenvalue weighted by molar-refractivity contribution is 0.150. The molecule has 0 bridgehead atoms. The number of hydrogen-bond donors (Lipinski definition) is 1. The molecule has 0 radical (unpaired) electrons. The molecule has 1 saturated heterocycles. The lowest BCUT2D eigenvalue weighted by atomic mass is 10.2. The minimum Gasteiger partial charge on any atom is -0.395 e. The summed E-state index contributed by atoms with van der Waals surface area (Å²) in [5.41, 5.74) is 0.855. The smallest absolute Gasteiger partial charge is 0.257 e. The normalized spacial score (nSPS) is 19.6. The van der Waals surface area contributed by atoms with E-state index < -0.39 is 0 Å². The molecule has 106 valence electrons. The molecular formula is C14H16ClN3O2. The Bertz CT molecular complexity index is 570. The van der Waals surface area contributed by atoms with E-state index >= 15 is 0 Å². The molecule has 20 heavy (non-hydrogen) atoms. The molecule has 5 nitrogen and oxygen atoms in total. The number of likely N-dealkylation sites (tertiary alicyclic amines) is 1. The zero-order valence-electron chi connectivity index (χ0n) is 11.0. The number of aromatic nitrogens is 2. The summed E-state index contributed by atoms with van der Waals surface area (Å²) in [6, 6.07) is 7.51. The van der Waals surface area contributed by atoms with E-state index in [0.717, 1.165) is 24.9 Å². The highest BCUT2D eigenvalue weighted by Crippen LogP contribution is 2.22. The molecule has 0 saturated carbocycles. The molecule has 1 fully saturated rings. The van der Waals surface area contributed by atoms with Crippen molar-refractivity contribution in [3.63, 3.8) is 0 Å². The molecule has 2 heterocycles.